The van der Waals surface area contributed by atoms with Crippen molar-refractivity contribution in [2.45, 2.75) is 12.8 Å². The molecule has 6 rings (SSSR count). The van der Waals surface area contributed by atoms with E-state index >= 15 is 0 Å². The van der Waals surface area contributed by atoms with Crippen LogP contribution in [0.15, 0.2) is 66.9 Å². The molecule has 5 N–H and O–H groups in total. The first kappa shape index (κ1) is 23.8. The molecule has 1 atom stereocenters. The number of aromatic amines is 1. The number of aromatic hydroxyl groups is 1. The first-order chi connectivity index (χ1) is 18.3. The molecule has 38 heavy (non-hydrogen) atoms. The number of amides is 2. The van der Waals surface area contributed by atoms with Crippen LogP contribution < -0.4 is 16.0 Å². The topological polar surface area (TPSA) is 124 Å². The zero-order chi connectivity index (χ0) is 26.6. The number of phenols is 1. The summed E-state index contributed by atoms with van der Waals surface area (Å²) in [6, 6.07) is 17.5. The first-order valence-electron chi connectivity index (χ1n) is 12.1. The van der Waals surface area contributed by atoms with Crippen LogP contribution in [-0.2, 0) is 0 Å². The average molecular weight is 526 g/mol. The minimum atomic E-state index is -0.291. The van der Waals surface area contributed by atoms with Gasteiger partial charge < -0.3 is 26.0 Å². The van der Waals surface area contributed by atoms with Crippen molar-refractivity contribution in [3.63, 3.8) is 0 Å². The highest BCUT2D eigenvalue weighted by Gasteiger charge is 2.35. The summed E-state index contributed by atoms with van der Waals surface area (Å²) in [5.74, 6) is -0.151. The summed E-state index contributed by atoms with van der Waals surface area (Å²) in [6.45, 7) is 2.39. The second-order valence-electron chi connectivity index (χ2n) is 9.51. The Labute approximate surface area is 223 Å². The zero-order valence-electron chi connectivity index (χ0n) is 20.5. The number of pyridine rings is 1. The van der Waals surface area contributed by atoms with Crippen LogP contribution in [0.25, 0.3) is 21.8 Å². The molecular formula is C29H24ClN5O3. The molecule has 2 aromatic heterocycles. The molecule has 8 nitrogen and oxygen atoms in total. The smallest absolute Gasteiger partial charge is 0.274 e. The standard InChI is InChI=1S/C29H24ClN5O3/c1-15-3-2-4-21-24(36)11-23-26(25(15)21)18(12-30)14-35(23)29(38)22-10-17-9-20(13-32-27(17)34-22)33-28(37)16-5-7-19(31)8-6-16/h2-11,13,18,36H,12,14,31H2,1H3,(H,32,34)(H,33,37). The summed E-state index contributed by atoms with van der Waals surface area (Å²) in [4.78, 5) is 35.4. The van der Waals surface area contributed by atoms with Gasteiger partial charge in [0.2, 0.25) is 0 Å². The van der Waals surface area contributed by atoms with Gasteiger partial charge in [-0.15, -0.1) is 11.6 Å². The third kappa shape index (κ3) is 3.90. The number of aromatic nitrogens is 2. The lowest BCUT2D eigenvalue weighted by Crippen LogP contribution is -2.30. The minimum Gasteiger partial charge on any atom is -0.507 e. The van der Waals surface area contributed by atoms with Crippen molar-refractivity contribution in [3.8, 4) is 5.75 Å². The minimum absolute atomic E-state index is 0.0718. The second-order valence-corrected chi connectivity index (χ2v) is 9.82. The van der Waals surface area contributed by atoms with Crippen LogP contribution in [0.3, 0.4) is 0 Å². The van der Waals surface area contributed by atoms with Crippen LogP contribution in [-0.4, -0.2) is 39.3 Å². The van der Waals surface area contributed by atoms with E-state index in [-0.39, 0.29) is 23.5 Å². The fourth-order valence-corrected chi connectivity index (χ4v) is 5.45. The maximum absolute atomic E-state index is 13.7. The van der Waals surface area contributed by atoms with Crippen LogP contribution in [0.4, 0.5) is 17.1 Å². The Bertz CT molecular complexity index is 1750. The molecular weight excluding hydrogens is 502 g/mol. The van der Waals surface area contributed by atoms with Gasteiger partial charge in [-0.3, -0.25) is 9.59 Å². The molecule has 1 aliphatic heterocycles. The van der Waals surface area contributed by atoms with Gasteiger partial charge in [0.05, 0.1) is 17.6 Å². The van der Waals surface area contributed by atoms with Crippen LogP contribution in [0.1, 0.15) is 37.9 Å². The van der Waals surface area contributed by atoms with Crippen molar-refractivity contribution in [1.29, 1.82) is 0 Å². The predicted octanol–water partition coefficient (Wildman–Crippen LogP) is 5.55. The number of carbonyl (C=O) groups is 2. The van der Waals surface area contributed by atoms with Crippen LogP contribution in [0.5, 0.6) is 5.75 Å². The molecule has 9 heteroatoms. The monoisotopic (exact) mass is 525 g/mol. The fraction of sp³-hybridized carbons (Fsp3) is 0.138. The maximum atomic E-state index is 13.7. The van der Waals surface area contributed by atoms with Crippen molar-refractivity contribution in [2.24, 2.45) is 0 Å². The Morgan fingerprint density at radius 3 is 2.74 bits per heavy atom. The van der Waals surface area contributed by atoms with E-state index in [0.717, 1.165) is 21.9 Å². The highest BCUT2D eigenvalue weighted by atomic mass is 35.5. The largest absolute Gasteiger partial charge is 0.507 e. The zero-order valence-corrected chi connectivity index (χ0v) is 21.2. The molecule has 0 fully saturated rings. The molecule has 0 bridgehead atoms. The molecule has 0 spiro atoms. The number of nitrogens with zero attached hydrogens (tertiary/aromatic N) is 2. The SMILES string of the molecule is Cc1cccc2c(O)cc3c(c12)C(CCl)CN3C(=O)c1cc2cc(NC(=O)c3ccc(N)cc3)cnc2[nH]1. The number of aryl methyl sites for hydroxylation is 1. The number of fused-ring (bicyclic) bond motifs is 4. The summed E-state index contributed by atoms with van der Waals surface area (Å²) < 4.78 is 0. The van der Waals surface area contributed by atoms with Crippen LogP contribution in [0.2, 0.25) is 0 Å². The van der Waals surface area contributed by atoms with E-state index in [4.69, 9.17) is 17.3 Å². The number of nitrogens with one attached hydrogen (secondary N) is 2. The molecule has 3 aromatic carbocycles. The van der Waals surface area contributed by atoms with Crippen LogP contribution in [0, 0.1) is 6.92 Å². The van der Waals surface area contributed by atoms with Gasteiger partial charge in [0.25, 0.3) is 11.8 Å². The summed E-state index contributed by atoms with van der Waals surface area (Å²) in [5, 5.41) is 16.0. The molecule has 0 saturated carbocycles. The normalized spacial score (nSPS) is 14.7. The summed E-state index contributed by atoms with van der Waals surface area (Å²) in [5.41, 5.74) is 10.8. The molecule has 2 amide bonds. The molecule has 5 aromatic rings. The Morgan fingerprint density at radius 2 is 1.97 bits per heavy atom. The predicted molar refractivity (Wildman–Crippen MR) is 150 cm³/mol. The van der Waals surface area contributed by atoms with E-state index in [2.05, 4.69) is 15.3 Å². The van der Waals surface area contributed by atoms with Gasteiger partial charge in [-0.05, 0) is 59.8 Å². The van der Waals surface area contributed by atoms with Gasteiger partial charge in [0, 0.05) is 46.4 Å². The number of anilines is 3. The number of hydrogen-bond donors (Lipinski definition) is 4. The summed E-state index contributed by atoms with van der Waals surface area (Å²) in [6.07, 6.45) is 1.53. The van der Waals surface area contributed by atoms with Gasteiger partial charge in [0.1, 0.15) is 17.1 Å². The highest BCUT2D eigenvalue weighted by Crippen LogP contribution is 2.46. The van der Waals surface area contributed by atoms with Gasteiger partial charge in [-0.1, -0.05) is 18.2 Å². The van der Waals surface area contributed by atoms with Crippen molar-refractivity contribution < 1.29 is 14.7 Å². The number of phenolic OH excluding ortho intramolecular Hbond substituents is 1. The van der Waals surface area contributed by atoms with E-state index in [1.54, 1.807) is 47.4 Å². The lowest BCUT2D eigenvalue weighted by atomic mass is 9.92. The molecule has 0 radical (unpaired) electrons. The Balaban J connectivity index is 1.33. The molecule has 0 saturated heterocycles. The third-order valence-corrected chi connectivity index (χ3v) is 7.40. The Kier molecular flexibility index (Phi) is 5.69. The average Bonchev–Trinajstić information content (AvgIpc) is 3.50. The molecule has 1 unspecified atom stereocenters. The maximum Gasteiger partial charge on any atom is 0.274 e. The molecule has 3 heterocycles. The lowest BCUT2D eigenvalue weighted by molar-refractivity contribution is 0.0983. The van der Waals surface area contributed by atoms with E-state index in [1.165, 1.54) is 6.20 Å². The molecule has 0 aliphatic carbocycles. The first-order valence-corrected chi connectivity index (χ1v) is 12.7. The Hall–Kier alpha value is -4.56. The second kappa shape index (κ2) is 9.08. The van der Waals surface area contributed by atoms with Crippen molar-refractivity contribution >= 4 is 62.3 Å². The summed E-state index contributed by atoms with van der Waals surface area (Å²) in [7, 11) is 0. The van der Waals surface area contributed by atoms with Crippen molar-refractivity contribution in [1.82, 2.24) is 9.97 Å². The van der Waals surface area contributed by atoms with E-state index < -0.39 is 0 Å². The third-order valence-electron chi connectivity index (χ3n) is 7.03. The van der Waals surface area contributed by atoms with Crippen LogP contribution >= 0.6 is 11.6 Å². The Morgan fingerprint density at radius 1 is 1.18 bits per heavy atom. The highest BCUT2D eigenvalue weighted by molar-refractivity contribution is 6.19. The number of rotatable bonds is 4. The number of hydrogen-bond acceptors (Lipinski definition) is 5. The van der Waals surface area contributed by atoms with Gasteiger partial charge in [-0.2, -0.15) is 0 Å². The number of carbonyl (C=O) groups excluding carboxylic acids is 2. The quantitative estimate of drug-likeness (QED) is 0.181. The molecule has 1 aliphatic rings. The lowest BCUT2D eigenvalue weighted by Gasteiger charge is -2.18. The number of alkyl halides is 1. The number of benzene rings is 3. The number of H-pyrrole nitrogens is 1. The molecule has 190 valence electrons. The van der Waals surface area contributed by atoms with Gasteiger partial charge in [-0.25, -0.2) is 4.98 Å². The van der Waals surface area contributed by atoms with E-state index in [1.807, 2.05) is 25.1 Å². The van der Waals surface area contributed by atoms with Gasteiger partial charge >= 0.3 is 0 Å². The van der Waals surface area contributed by atoms with E-state index in [9.17, 15) is 14.7 Å². The summed E-state index contributed by atoms with van der Waals surface area (Å²) >= 11 is 6.36. The fourth-order valence-electron chi connectivity index (χ4n) is 5.20. The van der Waals surface area contributed by atoms with E-state index in [0.29, 0.717) is 51.8 Å². The van der Waals surface area contributed by atoms with Crippen molar-refractivity contribution in [3.05, 3.63) is 89.2 Å². The number of nitrogens with two attached hydrogens (primary N) is 1. The van der Waals surface area contributed by atoms with Gasteiger partial charge in [0.15, 0.2) is 0 Å². The number of nitrogen functional groups attached to an aromatic ring is 1. The van der Waals surface area contributed by atoms with Crippen molar-refractivity contribution in [2.75, 3.05) is 28.4 Å². The number of halogens is 1.